The molecule has 2 N–H and O–H groups in total. The molecule has 1 rings (SSSR count). The minimum absolute atomic E-state index is 0.0833. The zero-order valence-corrected chi connectivity index (χ0v) is 9.42. The highest BCUT2D eigenvalue weighted by Gasteiger charge is 2.04. The normalized spacial score (nSPS) is 8.76. The third-order valence-corrected chi connectivity index (χ3v) is 1.79. The molecule has 0 aromatic heterocycles. The Bertz CT molecular complexity index is 347. The second-order valence-corrected chi connectivity index (χ2v) is 3.14. The van der Waals surface area contributed by atoms with E-state index in [0.29, 0.717) is 6.42 Å². The first-order valence-corrected chi connectivity index (χ1v) is 5.03. The van der Waals surface area contributed by atoms with E-state index < -0.39 is 11.9 Å². The van der Waals surface area contributed by atoms with Crippen LogP contribution >= 0.6 is 0 Å². The number of carbonyl (C=O) groups excluding carboxylic acids is 1. The lowest BCUT2D eigenvalue weighted by molar-refractivity contribution is -0.107. The second kappa shape index (κ2) is 8.04. The van der Waals surface area contributed by atoms with E-state index in [-0.39, 0.29) is 11.1 Å². The Morgan fingerprint density at radius 2 is 1.41 bits per heavy atom. The Morgan fingerprint density at radius 1 is 1.06 bits per heavy atom. The quantitative estimate of drug-likeness (QED) is 0.783. The Labute approximate surface area is 98.7 Å². The SMILES string of the molecule is CCCC=O.O=C(O)c1ccc(C(=O)O)cc1. The van der Waals surface area contributed by atoms with Crippen molar-refractivity contribution in [3.8, 4) is 0 Å². The fraction of sp³-hybridized carbons (Fsp3) is 0.250. The monoisotopic (exact) mass is 238 g/mol. The molecule has 0 bridgehead atoms. The van der Waals surface area contributed by atoms with Gasteiger partial charge in [-0.1, -0.05) is 6.92 Å². The van der Waals surface area contributed by atoms with E-state index in [2.05, 4.69) is 0 Å². The van der Waals surface area contributed by atoms with Crippen LogP contribution in [0.1, 0.15) is 40.5 Å². The standard InChI is InChI=1S/C8H6O4.C4H8O/c9-7(10)5-1-2-6(4-3-5)8(11)12;1-2-3-4-5/h1-4H,(H,9,10)(H,11,12);4H,2-3H2,1H3. The van der Waals surface area contributed by atoms with Crippen LogP contribution in [0.4, 0.5) is 0 Å². The van der Waals surface area contributed by atoms with Gasteiger partial charge in [0.15, 0.2) is 0 Å². The summed E-state index contributed by atoms with van der Waals surface area (Å²) in [4.78, 5) is 30.1. The van der Waals surface area contributed by atoms with Gasteiger partial charge in [0.2, 0.25) is 0 Å². The first-order chi connectivity index (χ1) is 8.02. The van der Waals surface area contributed by atoms with Gasteiger partial charge in [-0.25, -0.2) is 9.59 Å². The molecule has 0 amide bonds. The largest absolute Gasteiger partial charge is 0.478 e. The van der Waals surface area contributed by atoms with Crippen molar-refractivity contribution in [3.05, 3.63) is 35.4 Å². The van der Waals surface area contributed by atoms with E-state index in [9.17, 15) is 14.4 Å². The number of benzene rings is 1. The fourth-order valence-electron chi connectivity index (χ4n) is 0.873. The van der Waals surface area contributed by atoms with Crippen molar-refractivity contribution in [2.45, 2.75) is 19.8 Å². The van der Waals surface area contributed by atoms with E-state index in [0.717, 1.165) is 12.7 Å². The number of carbonyl (C=O) groups is 3. The molecule has 5 heteroatoms. The van der Waals surface area contributed by atoms with Crippen molar-refractivity contribution in [1.82, 2.24) is 0 Å². The lowest BCUT2D eigenvalue weighted by Gasteiger charge is -1.94. The Kier molecular flexibility index (Phi) is 7.01. The number of aldehydes is 1. The van der Waals surface area contributed by atoms with Gasteiger partial charge in [0.05, 0.1) is 11.1 Å². The molecule has 1 aromatic carbocycles. The van der Waals surface area contributed by atoms with Crippen molar-refractivity contribution >= 4 is 18.2 Å². The van der Waals surface area contributed by atoms with Gasteiger partial charge in [-0.3, -0.25) is 0 Å². The summed E-state index contributed by atoms with van der Waals surface area (Å²) in [6.45, 7) is 1.98. The van der Waals surface area contributed by atoms with Crippen LogP contribution in [0.3, 0.4) is 0 Å². The van der Waals surface area contributed by atoms with Crippen molar-refractivity contribution in [2.75, 3.05) is 0 Å². The molecule has 0 unspecified atom stereocenters. The Morgan fingerprint density at radius 3 is 1.53 bits per heavy atom. The number of rotatable bonds is 4. The van der Waals surface area contributed by atoms with Gasteiger partial charge >= 0.3 is 11.9 Å². The smallest absolute Gasteiger partial charge is 0.335 e. The van der Waals surface area contributed by atoms with E-state index >= 15 is 0 Å². The number of hydrogen-bond acceptors (Lipinski definition) is 3. The summed E-state index contributed by atoms with van der Waals surface area (Å²) < 4.78 is 0. The van der Waals surface area contributed by atoms with Crippen LogP contribution in [0.2, 0.25) is 0 Å². The molecule has 0 radical (unpaired) electrons. The lowest BCUT2D eigenvalue weighted by atomic mass is 10.1. The third kappa shape index (κ3) is 6.09. The highest BCUT2D eigenvalue weighted by atomic mass is 16.4. The molecule has 0 saturated carbocycles. The molecule has 0 aliphatic rings. The minimum atomic E-state index is -1.06. The first-order valence-electron chi connectivity index (χ1n) is 5.03. The lowest BCUT2D eigenvalue weighted by Crippen LogP contribution is -1.99. The molecule has 0 spiro atoms. The van der Waals surface area contributed by atoms with Crippen molar-refractivity contribution in [3.63, 3.8) is 0 Å². The van der Waals surface area contributed by atoms with E-state index in [1.54, 1.807) is 0 Å². The van der Waals surface area contributed by atoms with Crippen LogP contribution in [-0.4, -0.2) is 28.4 Å². The average Bonchev–Trinajstić information content (AvgIpc) is 2.31. The summed E-state index contributed by atoms with van der Waals surface area (Å²) in [5.41, 5.74) is 0.167. The molecule has 92 valence electrons. The van der Waals surface area contributed by atoms with Crippen LogP contribution in [0.15, 0.2) is 24.3 Å². The van der Waals surface area contributed by atoms with Crippen LogP contribution < -0.4 is 0 Å². The molecule has 0 aliphatic carbocycles. The van der Waals surface area contributed by atoms with Gasteiger partial charge in [0, 0.05) is 6.42 Å². The molecule has 5 nitrogen and oxygen atoms in total. The van der Waals surface area contributed by atoms with Crippen molar-refractivity contribution in [1.29, 1.82) is 0 Å². The van der Waals surface area contributed by atoms with Crippen LogP contribution in [0.5, 0.6) is 0 Å². The number of carboxylic acid groups (broad SMARTS) is 2. The molecular formula is C12H14O5. The highest BCUT2D eigenvalue weighted by Crippen LogP contribution is 2.03. The second-order valence-electron chi connectivity index (χ2n) is 3.14. The number of hydrogen-bond donors (Lipinski definition) is 2. The van der Waals surface area contributed by atoms with Crippen molar-refractivity contribution in [2.24, 2.45) is 0 Å². The number of aromatic carboxylic acids is 2. The average molecular weight is 238 g/mol. The fourth-order valence-corrected chi connectivity index (χ4v) is 0.873. The Balaban J connectivity index is 0.000000437. The zero-order chi connectivity index (χ0) is 13.3. The van der Waals surface area contributed by atoms with Crippen molar-refractivity contribution < 1.29 is 24.6 Å². The maximum atomic E-state index is 10.3. The van der Waals surface area contributed by atoms with Gasteiger partial charge < -0.3 is 15.0 Å². The minimum Gasteiger partial charge on any atom is -0.478 e. The van der Waals surface area contributed by atoms with Gasteiger partial charge in [0.25, 0.3) is 0 Å². The molecule has 0 fully saturated rings. The summed E-state index contributed by atoms with van der Waals surface area (Å²) in [5.74, 6) is -2.13. The number of unbranched alkanes of at least 4 members (excludes halogenated alkanes) is 1. The maximum absolute atomic E-state index is 10.3. The summed E-state index contributed by atoms with van der Waals surface area (Å²) >= 11 is 0. The number of carboxylic acids is 2. The summed E-state index contributed by atoms with van der Waals surface area (Å²) in [7, 11) is 0. The molecule has 0 aliphatic heterocycles. The molecular weight excluding hydrogens is 224 g/mol. The summed E-state index contributed by atoms with van der Waals surface area (Å²) in [5, 5.41) is 16.9. The van der Waals surface area contributed by atoms with E-state index in [1.165, 1.54) is 24.3 Å². The first kappa shape index (κ1) is 14.8. The third-order valence-electron chi connectivity index (χ3n) is 1.79. The van der Waals surface area contributed by atoms with Crippen LogP contribution in [-0.2, 0) is 4.79 Å². The predicted molar refractivity (Wildman–Crippen MR) is 61.3 cm³/mol. The predicted octanol–water partition coefficient (Wildman–Crippen LogP) is 2.07. The van der Waals surface area contributed by atoms with Gasteiger partial charge in [-0.05, 0) is 30.7 Å². The molecule has 0 heterocycles. The topological polar surface area (TPSA) is 91.7 Å². The van der Waals surface area contributed by atoms with Gasteiger partial charge in [0.1, 0.15) is 6.29 Å². The van der Waals surface area contributed by atoms with Crippen LogP contribution in [0, 0.1) is 0 Å². The van der Waals surface area contributed by atoms with E-state index in [4.69, 9.17) is 10.2 Å². The molecule has 17 heavy (non-hydrogen) atoms. The Hall–Kier alpha value is -2.17. The van der Waals surface area contributed by atoms with Gasteiger partial charge in [-0.15, -0.1) is 0 Å². The summed E-state index contributed by atoms with van der Waals surface area (Å²) in [6.07, 6.45) is 2.61. The highest BCUT2D eigenvalue weighted by molar-refractivity contribution is 5.91. The maximum Gasteiger partial charge on any atom is 0.335 e. The zero-order valence-electron chi connectivity index (χ0n) is 9.42. The van der Waals surface area contributed by atoms with Crippen LogP contribution in [0.25, 0.3) is 0 Å². The van der Waals surface area contributed by atoms with Gasteiger partial charge in [-0.2, -0.15) is 0 Å². The van der Waals surface area contributed by atoms with E-state index in [1.807, 2.05) is 6.92 Å². The molecule has 0 atom stereocenters. The molecule has 1 aromatic rings. The molecule has 0 saturated heterocycles. The summed E-state index contributed by atoms with van der Waals surface area (Å²) in [6, 6.07) is 5.02.